The minimum Gasteiger partial charge on any atom is -0.459 e. The van der Waals surface area contributed by atoms with Gasteiger partial charge in [0, 0.05) is 13.1 Å². The molecule has 0 radical (unpaired) electrons. The maximum Gasteiger partial charge on any atom is 0.320 e. The van der Waals surface area contributed by atoms with E-state index < -0.39 is 11.5 Å². The number of ether oxygens (including phenoxy) is 1. The maximum atomic E-state index is 11.6. The first-order valence-corrected chi connectivity index (χ1v) is 5.75. The van der Waals surface area contributed by atoms with Crippen LogP contribution in [0.1, 0.15) is 20.8 Å². The Balaban J connectivity index is 4.26. The number of aliphatic hydroxyl groups is 1. The largest absolute Gasteiger partial charge is 0.459 e. The third-order valence-corrected chi connectivity index (χ3v) is 1.83. The first-order valence-electron chi connectivity index (χ1n) is 5.75. The Bertz CT molecular complexity index is 308. The Kier molecular flexibility index (Phi) is 7.23. The predicted molar refractivity (Wildman–Crippen MR) is 67.7 cm³/mol. The number of aliphatic hydroxyl groups excluding tert-OH is 1. The lowest BCUT2D eigenvalue weighted by atomic mass is 10.2. The van der Waals surface area contributed by atoms with Crippen LogP contribution in [0.5, 0.6) is 0 Å². The van der Waals surface area contributed by atoms with Crippen molar-refractivity contribution in [3.63, 3.8) is 0 Å². The van der Waals surface area contributed by atoms with Crippen LogP contribution >= 0.6 is 0 Å². The van der Waals surface area contributed by atoms with Gasteiger partial charge in [-0.25, -0.2) is 0 Å². The van der Waals surface area contributed by atoms with Gasteiger partial charge in [0.05, 0.1) is 13.2 Å². The van der Waals surface area contributed by atoms with Crippen LogP contribution in [0, 0.1) is 0 Å². The fraction of sp³-hybridized carbons (Fsp3) is 0.667. The highest BCUT2D eigenvalue weighted by Gasteiger charge is 2.18. The molecule has 0 aliphatic rings. The third kappa shape index (κ3) is 9.80. The molecule has 0 rings (SSSR count). The van der Waals surface area contributed by atoms with Crippen LogP contribution in [-0.4, -0.2) is 53.7 Å². The average Bonchev–Trinajstić information content (AvgIpc) is 2.13. The number of primary amides is 1. The molecule has 1 amide bonds. The summed E-state index contributed by atoms with van der Waals surface area (Å²) < 4.78 is 5.16. The minimum atomic E-state index is -0.545. The SMILES string of the molecule is CC(C)(C)OC(=O)CN(CC=CC(N)=O)CCO. The molecule has 0 aromatic rings. The van der Waals surface area contributed by atoms with E-state index in [0.717, 1.165) is 0 Å². The first-order chi connectivity index (χ1) is 8.24. The number of amides is 1. The second-order valence-corrected chi connectivity index (χ2v) is 4.85. The molecule has 3 N–H and O–H groups in total. The number of carbonyl (C=O) groups excluding carboxylic acids is 2. The smallest absolute Gasteiger partial charge is 0.320 e. The molecule has 0 saturated carbocycles. The van der Waals surface area contributed by atoms with E-state index in [9.17, 15) is 9.59 Å². The van der Waals surface area contributed by atoms with E-state index in [1.807, 2.05) is 0 Å². The summed E-state index contributed by atoms with van der Waals surface area (Å²) in [7, 11) is 0. The van der Waals surface area contributed by atoms with Gasteiger partial charge in [0.1, 0.15) is 5.60 Å². The molecule has 18 heavy (non-hydrogen) atoms. The molecule has 0 aliphatic carbocycles. The van der Waals surface area contributed by atoms with Crippen LogP contribution < -0.4 is 5.73 Å². The zero-order valence-electron chi connectivity index (χ0n) is 11.2. The van der Waals surface area contributed by atoms with Crippen molar-refractivity contribution in [2.75, 3.05) is 26.2 Å². The van der Waals surface area contributed by atoms with Crippen LogP contribution in [-0.2, 0) is 14.3 Å². The fourth-order valence-corrected chi connectivity index (χ4v) is 1.25. The van der Waals surface area contributed by atoms with Gasteiger partial charge in [-0.05, 0) is 26.8 Å². The van der Waals surface area contributed by atoms with Crippen LogP contribution in [0.3, 0.4) is 0 Å². The molecule has 0 unspecified atom stereocenters. The molecule has 0 aromatic carbocycles. The molecule has 6 heteroatoms. The zero-order chi connectivity index (χ0) is 14.2. The summed E-state index contributed by atoms with van der Waals surface area (Å²) in [5.74, 6) is -0.917. The lowest BCUT2D eigenvalue weighted by molar-refractivity contribution is -0.156. The van der Waals surface area contributed by atoms with Gasteiger partial charge < -0.3 is 15.6 Å². The predicted octanol–water partition coefficient (Wildman–Crippen LogP) is -0.336. The van der Waals surface area contributed by atoms with Gasteiger partial charge in [0.2, 0.25) is 5.91 Å². The normalized spacial score (nSPS) is 12.1. The van der Waals surface area contributed by atoms with Crippen LogP contribution in [0.25, 0.3) is 0 Å². The maximum absolute atomic E-state index is 11.6. The van der Waals surface area contributed by atoms with E-state index >= 15 is 0 Å². The van der Waals surface area contributed by atoms with E-state index in [4.69, 9.17) is 15.6 Å². The monoisotopic (exact) mass is 258 g/mol. The molecule has 0 heterocycles. The summed E-state index contributed by atoms with van der Waals surface area (Å²) in [6.45, 7) is 6.01. The number of esters is 1. The number of hydrogen-bond acceptors (Lipinski definition) is 5. The topological polar surface area (TPSA) is 92.9 Å². The molecule has 0 atom stereocenters. The summed E-state index contributed by atoms with van der Waals surface area (Å²) in [5.41, 5.74) is 4.42. The molecular weight excluding hydrogens is 236 g/mol. The summed E-state index contributed by atoms with van der Waals surface area (Å²) in [6.07, 6.45) is 2.77. The molecule has 104 valence electrons. The van der Waals surface area contributed by atoms with Gasteiger partial charge >= 0.3 is 5.97 Å². The van der Waals surface area contributed by atoms with Gasteiger partial charge in [-0.2, -0.15) is 0 Å². The van der Waals surface area contributed by atoms with Gasteiger partial charge in [0.15, 0.2) is 0 Å². The number of rotatable bonds is 7. The van der Waals surface area contributed by atoms with Gasteiger partial charge in [0.25, 0.3) is 0 Å². The quantitative estimate of drug-likeness (QED) is 0.481. The Morgan fingerprint density at radius 3 is 2.44 bits per heavy atom. The van der Waals surface area contributed by atoms with Crippen molar-refractivity contribution in [3.05, 3.63) is 12.2 Å². The van der Waals surface area contributed by atoms with E-state index in [0.29, 0.717) is 13.1 Å². The summed E-state index contributed by atoms with van der Waals surface area (Å²) >= 11 is 0. The fourth-order valence-electron chi connectivity index (χ4n) is 1.25. The highest BCUT2D eigenvalue weighted by molar-refractivity contribution is 5.85. The average molecular weight is 258 g/mol. The molecule has 6 nitrogen and oxygen atoms in total. The lowest BCUT2D eigenvalue weighted by Crippen LogP contribution is -2.36. The molecule has 0 aromatic heterocycles. The van der Waals surface area contributed by atoms with Crippen LogP contribution in [0.4, 0.5) is 0 Å². The van der Waals surface area contributed by atoms with E-state index in [-0.39, 0.29) is 19.1 Å². The van der Waals surface area contributed by atoms with E-state index in [2.05, 4.69) is 0 Å². The van der Waals surface area contributed by atoms with E-state index in [1.165, 1.54) is 6.08 Å². The summed E-state index contributed by atoms with van der Waals surface area (Å²) in [4.78, 5) is 23.8. The van der Waals surface area contributed by atoms with Crippen LogP contribution in [0.2, 0.25) is 0 Å². The Hall–Kier alpha value is -1.40. The highest BCUT2D eigenvalue weighted by Crippen LogP contribution is 2.07. The van der Waals surface area contributed by atoms with Crippen molar-refractivity contribution in [1.29, 1.82) is 0 Å². The van der Waals surface area contributed by atoms with Crippen molar-refractivity contribution < 1.29 is 19.4 Å². The van der Waals surface area contributed by atoms with Gasteiger partial charge in [-0.15, -0.1) is 0 Å². The van der Waals surface area contributed by atoms with Crippen molar-refractivity contribution in [2.45, 2.75) is 26.4 Å². The minimum absolute atomic E-state index is 0.0565. The van der Waals surface area contributed by atoms with Crippen molar-refractivity contribution in [3.8, 4) is 0 Å². The van der Waals surface area contributed by atoms with E-state index in [1.54, 1.807) is 31.7 Å². The zero-order valence-corrected chi connectivity index (χ0v) is 11.2. The number of nitrogens with zero attached hydrogens (tertiary/aromatic N) is 1. The summed E-state index contributed by atoms with van der Waals surface area (Å²) in [6, 6.07) is 0. The van der Waals surface area contributed by atoms with Crippen molar-refractivity contribution in [2.24, 2.45) is 5.73 Å². The number of nitrogens with two attached hydrogens (primary N) is 1. The highest BCUT2D eigenvalue weighted by atomic mass is 16.6. The van der Waals surface area contributed by atoms with Crippen molar-refractivity contribution >= 4 is 11.9 Å². The Morgan fingerprint density at radius 2 is 2.00 bits per heavy atom. The van der Waals surface area contributed by atoms with Crippen molar-refractivity contribution in [1.82, 2.24) is 4.90 Å². The first kappa shape index (κ1) is 16.6. The summed E-state index contributed by atoms with van der Waals surface area (Å²) in [5, 5.41) is 8.88. The Labute approximate surface area is 107 Å². The second kappa shape index (κ2) is 7.84. The number of hydrogen-bond donors (Lipinski definition) is 2. The molecule has 0 bridgehead atoms. The van der Waals surface area contributed by atoms with Crippen LogP contribution in [0.15, 0.2) is 12.2 Å². The second-order valence-electron chi connectivity index (χ2n) is 4.85. The molecule has 0 spiro atoms. The lowest BCUT2D eigenvalue weighted by Gasteiger charge is -2.23. The molecular formula is C12H22N2O4. The Morgan fingerprint density at radius 1 is 1.39 bits per heavy atom. The number of carbonyl (C=O) groups is 2. The standard InChI is InChI=1S/C12H22N2O4/c1-12(2,3)18-11(17)9-14(7-8-15)6-4-5-10(13)16/h4-5,15H,6-9H2,1-3H3,(H2,13,16). The van der Waals surface area contributed by atoms with Gasteiger partial charge in [-0.1, -0.05) is 6.08 Å². The van der Waals surface area contributed by atoms with Gasteiger partial charge in [-0.3, -0.25) is 14.5 Å². The molecule has 0 saturated heterocycles. The third-order valence-electron chi connectivity index (χ3n) is 1.83. The molecule has 0 aliphatic heterocycles. The molecule has 0 fully saturated rings.